The summed E-state index contributed by atoms with van der Waals surface area (Å²) in [7, 11) is 0. The Hall–Kier alpha value is -1.31. The summed E-state index contributed by atoms with van der Waals surface area (Å²) < 4.78 is 4.38. The van der Waals surface area contributed by atoms with Crippen LogP contribution in [0.15, 0.2) is 28.5 Å². The van der Waals surface area contributed by atoms with Gasteiger partial charge in [-0.1, -0.05) is 11.8 Å². The number of nitrogens with zero attached hydrogens (tertiary/aromatic N) is 1. The first-order valence-corrected chi connectivity index (χ1v) is 9.21. The molecular formula is C15H16N2O2S3. The minimum atomic E-state index is -0.0433. The average molecular weight is 353 g/mol. The second kappa shape index (κ2) is 7.80. The molecule has 1 aromatic carbocycles. The Morgan fingerprint density at radius 1 is 1.23 bits per heavy atom. The number of carbonyl (C=O) groups is 2. The lowest BCUT2D eigenvalue weighted by Gasteiger charge is -2.05. The molecule has 0 aliphatic heterocycles. The first-order chi connectivity index (χ1) is 10.5. The quantitative estimate of drug-likeness (QED) is 0.616. The summed E-state index contributed by atoms with van der Waals surface area (Å²) in [5.41, 5.74) is 2.56. The van der Waals surface area contributed by atoms with Crippen molar-refractivity contribution in [1.82, 2.24) is 4.98 Å². The van der Waals surface area contributed by atoms with Gasteiger partial charge in [0.25, 0.3) is 0 Å². The van der Waals surface area contributed by atoms with Gasteiger partial charge in [0.05, 0.1) is 16.5 Å². The van der Waals surface area contributed by atoms with Crippen LogP contribution in [0.4, 0.5) is 5.69 Å². The van der Waals surface area contributed by atoms with Gasteiger partial charge in [-0.25, -0.2) is 4.98 Å². The predicted octanol–water partition coefficient (Wildman–Crippen LogP) is 4.34. The molecule has 22 heavy (non-hydrogen) atoms. The highest BCUT2D eigenvalue weighted by atomic mass is 32.2. The largest absolute Gasteiger partial charge is 0.325 e. The lowest BCUT2D eigenvalue weighted by atomic mass is 10.1. The van der Waals surface area contributed by atoms with Gasteiger partial charge in [0.2, 0.25) is 0 Å². The van der Waals surface area contributed by atoms with Gasteiger partial charge in [-0.15, -0.1) is 11.3 Å². The second-order valence-electron chi connectivity index (χ2n) is 4.59. The molecule has 0 aliphatic carbocycles. The number of thiazole rings is 1. The Morgan fingerprint density at radius 2 is 1.91 bits per heavy atom. The molecule has 0 saturated carbocycles. The first kappa shape index (κ1) is 17.1. The number of rotatable bonds is 6. The van der Waals surface area contributed by atoms with Crippen molar-refractivity contribution in [3.8, 4) is 0 Å². The number of ketones is 1. The van der Waals surface area contributed by atoms with Crippen molar-refractivity contribution < 1.29 is 9.59 Å². The SMILES string of the molecule is CC(=O)SCC(=O)c1ccc(NSc2sc(C)nc2C)cc1. The second-order valence-corrected chi connectivity index (χ2v) is 8.02. The lowest BCUT2D eigenvalue weighted by molar-refractivity contribution is -0.109. The van der Waals surface area contributed by atoms with E-state index in [1.165, 1.54) is 18.9 Å². The van der Waals surface area contributed by atoms with Crippen LogP contribution in [0.5, 0.6) is 0 Å². The third-order valence-corrected chi connectivity index (χ3v) is 5.74. The summed E-state index contributed by atoms with van der Waals surface area (Å²) in [4.78, 5) is 27.1. The zero-order valence-electron chi connectivity index (χ0n) is 12.5. The van der Waals surface area contributed by atoms with Crippen LogP contribution in [0.2, 0.25) is 0 Å². The molecule has 0 bridgehead atoms. The van der Waals surface area contributed by atoms with Gasteiger partial charge >= 0.3 is 0 Å². The summed E-state index contributed by atoms with van der Waals surface area (Å²) in [6, 6.07) is 7.27. The van der Waals surface area contributed by atoms with E-state index >= 15 is 0 Å². The molecule has 0 unspecified atom stereocenters. The van der Waals surface area contributed by atoms with Crippen molar-refractivity contribution in [1.29, 1.82) is 0 Å². The van der Waals surface area contributed by atoms with Crippen molar-refractivity contribution in [2.45, 2.75) is 25.0 Å². The fourth-order valence-corrected chi connectivity index (χ4v) is 4.03. The summed E-state index contributed by atoms with van der Waals surface area (Å²) in [5, 5.41) is 1.00. The molecular weight excluding hydrogens is 336 g/mol. The standard InChI is InChI=1S/C15H16N2O2S3/c1-9-15(21-10(2)16-9)22-17-13-6-4-12(5-7-13)14(19)8-20-11(3)18/h4-7,17H,8H2,1-3H3. The minimum absolute atomic E-state index is 0.0340. The van der Waals surface area contributed by atoms with Crippen LogP contribution < -0.4 is 4.72 Å². The fraction of sp³-hybridized carbons (Fsp3) is 0.267. The van der Waals surface area contributed by atoms with E-state index in [9.17, 15) is 9.59 Å². The first-order valence-electron chi connectivity index (χ1n) is 6.59. The molecule has 0 saturated heterocycles. The Morgan fingerprint density at radius 3 is 2.45 bits per heavy atom. The maximum Gasteiger partial charge on any atom is 0.186 e. The number of nitrogens with one attached hydrogen (secondary N) is 1. The Balaban J connectivity index is 1.93. The van der Waals surface area contributed by atoms with Crippen LogP contribution in [0.25, 0.3) is 0 Å². The van der Waals surface area contributed by atoms with Crippen molar-refractivity contribution in [3.63, 3.8) is 0 Å². The highest BCUT2D eigenvalue weighted by Gasteiger charge is 2.08. The molecule has 2 rings (SSSR count). The topological polar surface area (TPSA) is 59.1 Å². The maximum atomic E-state index is 11.9. The zero-order chi connectivity index (χ0) is 16.1. The summed E-state index contributed by atoms with van der Waals surface area (Å²) >= 11 is 4.21. The molecule has 0 fully saturated rings. The molecule has 4 nitrogen and oxygen atoms in total. The number of Topliss-reactive ketones (excluding diaryl/α,β-unsaturated/α-hetero) is 1. The molecule has 0 spiro atoms. The minimum Gasteiger partial charge on any atom is -0.325 e. The monoisotopic (exact) mass is 352 g/mol. The van der Waals surface area contributed by atoms with E-state index in [0.717, 1.165) is 32.4 Å². The summed E-state index contributed by atoms with van der Waals surface area (Å²) in [6.07, 6.45) is 0. The van der Waals surface area contributed by atoms with Gasteiger partial charge < -0.3 is 4.72 Å². The van der Waals surface area contributed by atoms with Crippen LogP contribution in [-0.2, 0) is 4.79 Å². The van der Waals surface area contributed by atoms with Crippen molar-refractivity contribution in [2.24, 2.45) is 0 Å². The molecule has 2 aromatic rings. The fourth-order valence-electron chi connectivity index (χ4n) is 1.69. The normalized spacial score (nSPS) is 10.5. The molecule has 0 aliphatic rings. The number of anilines is 1. The van der Waals surface area contributed by atoms with Crippen molar-refractivity contribution in [2.75, 3.05) is 10.5 Å². The third-order valence-electron chi connectivity index (χ3n) is 2.74. The lowest BCUT2D eigenvalue weighted by Crippen LogP contribution is -2.03. The molecule has 1 N–H and O–H groups in total. The van der Waals surface area contributed by atoms with Crippen LogP contribution in [0.3, 0.4) is 0 Å². The molecule has 1 aromatic heterocycles. The van der Waals surface area contributed by atoms with Gasteiger partial charge in [0.15, 0.2) is 10.9 Å². The Kier molecular flexibility index (Phi) is 6.05. The number of aromatic nitrogens is 1. The number of aryl methyl sites for hydroxylation is 2. The van der Waals surface area contributed by atoms with Crippen LogP contribution >= 0.6 is 35.0 Å². The maximum absolute atomic E-state index is 11.9. The van der Waals surface area contributed by atoms with E-state index < -0.39 is 0 Å². The molecule has 0 radical (unpaired) electrons. The Labute approximate surface area is 142 Å². The third kappa shape index (κ3) is 4.86. The number of hydrogen-bond acceptors (Lipinski definition) is 7. The van der Waals surface area contributed by atoms with E-state index in [0.29, 0.717) is 5.56 Å². The predicted molar refractivity (Wildman–Crippen MR) is 95.0 cm³/mol. The molecule has 1 heterocycles. The van der Waals surface area contributed by atoms with Gasteiger partial charge in [-0.2, -0.15) is 0 Å². The highest BCUT2D eigenvalue weighted by molar-refractivity contribution is 8.14. The van der Waals surface area contributed by atoms with Crippen LogP contribution in [0, 0.1) is 13.8 Å². The average Bonchev–Trinajstić information content (AvgIpc) is 2.81. The van der Waals surface area contributed by atoms with Gasteiger partial charge in [0, 0.05) is 18.2 Å². The number of thioether (sulfide) groups is 1. The Bertz CT molecular complexity index is 681. The van der Waals surface area contributed by atoms with E-state index in [1.54, 1.807) is 23.5 Å². The van der Waals surface area contributed by atoms with Crippen molar-refractivity contribution in [3.05, 3.63) is 40.5 Å². The number of carbonyl (C=O) groups excluding carboxylic acids is 2. The van der Waals surface area contributed by atoms with E-state index in [1.807, 2.05) is 26.0 Å². The summed E-state index contributed by atoms with van der Waals surface area (Å²) in [6.45, 7) is 5.44. The number of hydrogen-bond donors (Lipinski definition) is 1. The molecule has 7 heteroatoms. The van der Waals surface area contributed by atoms with Crippen LogP contribution in [0.1, 0.15) is 28.0 Å². The summed E-state index contributed by atoms with van der Waals surface area (Å²) in [5.74, 6) is 0.157. The van der Waals surface area contributed by atoms with E-state index in [-0.39, 0.29) is 16.7 Å². The molecule has 0 amide bonds. The molecule has 0 atom stereocenters. The number of benzene rings is 1. The van der Waals surface area contributed by atoms with Gasteiger partial charge in [-0.05, 0) is 50.1 Å². The van der Waals surface area contributed by atoms with Gasteiger partial charge in [0.1, 0.15) is 4.21 Å². The van der Waals surface area contributed by atoms with Gasteiger partial charge in [-0.3, -0.25) is 9.59 Å². The van der Waals surface area contributed by atoms with E-state index in [2.05, 4.69) is 9.71 Å². The van der Waals surface area contributed by atoms with Crippen molar-refractivity contribution >= 4 is 51.6 Å². The zero-order valence-corrected chi connectivity index (χ0v) is 15.0. The highest BCUT2D eigenvalue weighted by Crippen LogP contribution is 2.29. The van der Waals surface area contributed by atoms with Crippen LogP contribution in [-0.4, -0.2) is 21.6 Å². The smallest absolute Gasteiger partial charge is 0.186 e. The molecule has 116 valence electrons. The van der Waals surface area contributed by atoms with E-state index in [4.69, 9.17) is 0 Å².